The standard InChI is InChI=1S/C36H33Cl2N5O5/c1-36(2,3)48-35(46)43(18-24-13-14-31(45)41-24)19-30-34(47-4)42-29(17-40-30)28-10-6-9-27(33(28)38)26-8-5-7-25(32(26)37)21-11-12-22(20-44)23(15-21)16-39/h5-12,15,17,20,24H,13-14,18-19H2,1-4H3,(H,41,45)/t24-/m0/s1. The van der Waals surface area contributed by atoms with Crippen LogP contribution in [0.1, 0.15) is 55.2 Å². The molecule has 1 N–H and O–H groups in total. The molecule has 1 aromatic heterocycles. The highest BCUT2D eigenvalue weighted by Gasteiger charge is 2.30. The molecule has 1 atom stereocenters. The molecule has 12 heteroatoms. The summed E-state index contributed by atoms with van der Waals surface area (Å²) in [6.45, 7) is 5.63. The highest BCUT2D eigenvalue weighted by Crippen LogP contribution is 2.42. The van der Waals surface area contributed by atoms with E-state index in [2.05, 4.69) is 16.4 Å². The van der Waals surface area contributed by atoms with Crippen LogP contribution in [0.15, 0.2) is 60.8 Å². The van der Waals surface area contributed by atoms with Gasteiger partial charge in [-0.3, -0.25) is 14.6 Å². The molecule has 1 aliphatic rings. The second kappa shape index (κ2) is 14.4. The first-order chi connectivity index (χ1) is 22.9. The first-order valence-corrected chi connectivity index (χ1v) is 15.9. The van der Waals surface area contributed by atoms with Gasteiger partial charge in [0.25, 0.3) is 0 Å². The van der Waals surface area contributed by atoms with E-state index in [1.54, 1.807) is 51.2 Å². The molecule has 0 bridgehead atoms. The fraction of sp³-hybridized carbons (Fsp3) is 0.278. The number of amides is 2. The highest BCUT2D eigenvalue weighted by molar-refractivity contribution is 6.39. The lowest BCUT2D eigenvalue weighted by Gasteiger charge is -2.29. The molecule has 0 unspecified atom stereocenters. The number of methoxy groups -OCH3 is 1. The Hall–Kier alpha value is -4.98. The van der Waals surface area contributed by atoms with Gasteiger partial charge in [-0.25, -0.2) is 9.78 Å². The van der Waals surface area contributed by atoms with Gasteiger partial charge in [-0.2, -0.15) is 5.26 Å². The van der Waals surface area contributed by atoms with Gasteiger partial charge in [0.05, 0.1) is 47.2 Å². The van der Waals surface area contributed by atoms with E-state index in [1.807, 2.05) is 30.3 Å². The van der Waals surface area contributed by atoms with E-state index >= 15 is 0 Å². The topological polar surface area (TPSA) is 135 Å². The fourth-order valence-electron chi connectivity index (χ4n) is 5.41. The summed E-state index contributed by atoms with van der Waals surface area (Å²) in [7, 11) is 1.47. The Bertz CT molecular complexity index is 1940. The summed E-state index contributed by atoms with van der Waals surface area (Å²) in [4.78, 5) is 47.2. The third kappa shape index (κ3) is 7.59. The monoisotopic (exact) mass is 685 g/mol. The SMILES string of the molecule is COc1nc(-c2cccc(-c3cccc(-c4ccc(C=O)c(C#N)c4)c3Cl)c2Cl)cnc1CN(C[C@@H]1CCC(=O)N1)C(=O)OC(C)(C)C. The molecule has 3 aromatic carbocycles. The van der Waals surface area contributed by atoms with Crippen molar-refractivity contribution < 1.29 is 23.9 Å². The minimum absolute atomic E-state index is 0.0370. The molecule has 48 heavy (non-hydrogen) atoms. The van der Waals surface area contributed by atoms with Crippen molar-refractivity contribution in [2.75, 3.05) is 13.7 Å². The molecule has 10 nitrogen and oxygen atoms in total. The van der Waals surface area contributed by atoms with Crippen LogP contribution in [0, 0.1) is 11.3 Å². The largest absolute Gasteiger partial charge is 0.480 e. The summed E-state index contributed by atoms with van der Waals surface area (Å²) in [6, 6.07) is 17.8. The maximum Gasteiger partial charge on any atom is 0.410 e. The van der Waals surface area contributed by atoms with Crippen LogP contribution in [0.3, 0.4) is 0 Å². The normalized spacial score (nSPS) is 14.2. The number of hydrogen-bond donors (Lipinski definition) is 1. The molecule has 1 saturated heterocycles. The Labute approximate surface area is 288 Å². The molecule has 5 rings (SSSR count). The van der Waals surface area contributed by atoms with Crippen LogP contribution in [0.25, 0.3) is 33.5 Å². The molecule has 1 aliphatic heterocycles. The number of aldehydes is 1. The fourth-order valence-corrected chi connectivity index (χ4v) is 6.08. The van der Waals surface area contributed by atoms with Crippen molar-refractivity contribution in [2.24, 2.45) is 0 Å². The number of carbonyl (C=O) groups is 3. The quantitative estimate of drug-likeness (QED) is 0.179. The zero-order chi connectivity index (χ0) is 34.6. The molecule has 0 aliphatic carbocycles. The van der Waals surface area contributed by atoms with Crippen LogP contribution < -0.4 is 10.1 Å². The summed E-state index contributed by atoms with van der Waals surface area (Å²) in [5, 5.41) is 13.2. The van der Waals surface area contributed by atoms with E-state index in [4.69, 9.17) is 37.7 Å². The average molecular weight is 687 g/mol. The number of nitrogens with zero attached hydrogens (tertiary/aromatic N) is 4. The molecule has 1 fully saturated rings. The molecule has 0 saturated carbocycles. The maximum absolute atomic E-state index is 13.2. The zero-order valence-corrected chi connectivity index (χ0v) is 28.4. The van der Waals surface area contributed by atoms with E-state index in [-0.39, 0.29) is 36.5 Å². The molecular weight excluding hydrogens is 653 g/mol. The van der Waals surface area contributed by atoms with Crippen LogP contribution in [0.4, 0.5) is 4.79 Å². The average Bonchev–Trinajstić information content (AvgIpc) is 3.48. The van der Waals surface area contributed by atoms with Gasteiger partial charge < -0.3 is 19.7 Å². The number of benzene rings is 3. The van der Waals surface area contributed by atoms with Crippen molar-refractivity contribution in [3.8, 4) is 45.5 Å². The van der Waals surface area contributed by atoms with Gasteiger partial charge in [0, 0.05) is 46.8 Å². The number of ether oxygens (including phenoxy) is 2. The summed E-state index contributed by atoms with van der Waals surface area (Å²) in [6.07, 6.45) is 2.66. The van der Waals surface area contributed by atoms with Gasteiger partial charge in [-0.05, 0) is 44.9 Å². The van der Waals surface area contributed by atoms with Crippen LogP contribution in [0.5, 0.6) is 5.88 Å². The Morgan fingerprint density at radius 1 is 1.08 bits per heavy atom. The van der Waals surface area contributed by atoms with Crippen molar-refractivity contribution in [1.29, 1.82) is 5.26 Å². The second-order valence-electron chi connectivity index (χ2n) is 12.2. The van der Waals surface area contributed by atoms with Gasteiger partial charge in [0.15, 0.2) is 6.29 Å². The van der Waals surface area contributed by atoms with Crippen molar-refractivity contribution >= 4 is 41.5 Å². The van der Waals surface area contributed by atoms with Crippen molar-refractivity contribution in [1.82, 2.24) is 20.2 Å². The molecular formula is C36H33Cl2N5O5. The molecule has 0 radical (unpaired) electrons. The van der Waals surface area contributed by atoms with Gasteiger partial charge in [0.1, 0.15) is 11.3 Å². The summed E-state index contributed by atoms with van der Waals surface area (Å²) in [5.74, 6) is 0.143. The van der Waals surface area contributed by atoms with E-state index < -0.39 is 11.7 Å². The van der Waals surface area contributed by atoms with Gasteiger partial charge in [-0.1, -0.05) is 65.7 Å². The van der Waals surface area contributed by atoms with Crippen molar-refractivity contribution in [2.45, 2.75) is 51.8 Å². The Balaban J connectivity index is 1.47. The summed E-state index contributed by atoms with van der Waals surface area (Å²) < 4.78 is 11.3. The van der Waals surface area contributed by atoms with Crippen LogP contribution in [-0.2, 0) is 16.1 Å². The Morgan fingerprint density at radius 3 is 2.35 bits per heavy atom. The lowest BCUT2D eigenvalue weighted by molar-refractivity contribution is -0.119. The van der Waals surface area contributed by atoms with Crippen LogP contribution in [0.2, 0.25) is 10.0 Å². The first kappa shape index (κ1) is 34.4. The van der Waals surface area contributed by atoms with Gasteiger partial charge >= 0.3 is 6.09 Å². The Kier molecular flexibility index (Phi) is 10.3. The Morgan fingerprint density at radius 2 is 1.75 bits per heavy atom. The van der Waals surface area contributed by atoms with Crippen molar-refractivity contribution in [3.63, 3.8) is 0 Å². The predicted octanol–water partition coefficient (Wildman–Crippen LogP) is 7.49. The maximum atomic E-state index is 13.2. The highest BCUT2D eigenvalue weighted by atomic mass is 35.5. The number of rotatable bonds is 9. The third-order valence-electron chi connectivity index (χ3n) is 7.70. The molecule has 2 amide bonds. The first-order valence-electron chi connectivity index (χ1n) is 15.2. The summed E-state index contributed by atoms with van der Waals surface area (Å²) in [5.41, 5.74) is 3.88. The molecule has 2 heterocycles. The number of nitrogens with one attached hydrogen (secondary N) is 1. The van der Waals surface area contributed by atoms with Gasteiger partial charge in [-0.15, -0.1) is 0 Å². The third-order valence-corrected chi connectivity index (χ3v) is 8.51. The smallest absolute Gasteiger partial charge is 0.410 e. The number of aromatic nitrogens is 2. The van der Waals surface area contributed by atoms with Gasteiger partial charge in [0.2, 0.25) is 11.8 Å². The predicted molar refractivity (Wildman–Crippen MR) is 183 cm³/mol. The van der Waals surface area contributed by atoms with Crippen LogP contribution >= 0.6 is 23.2 Å². The molecule has 246 valence electrons. The van der Waals surface area contributed by atoms with E-state index in [1.165, 1.54) is 12.0 Å². The number of halogens is 2. The lowest BCUT2D eigenvalue weighted by atomic mass is 9.95. The van der Waals surface area contributed by atoms with Crippen LogP contribution in [-0.4, -0.2) is 58.5 Å². The van der Waals surface area contributed by atoms with E-state index in [0.29, 0.717) is 73.9 Å². The minimum Gasteiger partial charge on any atom is -0.480 e. The van der Waals surface area contributed by atoms with E-state index in [9.17, 15) is 19.6 Å². The molecule has 0 spiro atoms. The number of hydrogen-bond acceptors (Lipinski definition) is 8. The minimum atomic E-state index is -0.724. The van der Waals surface area contributed by atoms with E-state index in [0.717, 1.165) is 0 Å². The second-order valence-corrected chi connectivity index (χ2v) is 13.0. The molecule has 4 aromatic rings. The summed E-state index contributed by atoms with van der Waals surface area (Å²) >= 11 is 14.0. The van der Waals surface area contributed by atoms with Crippen molar-refractivity contribution in [3.05, 3.63) is 87.7 Å². The number of carbonyl (C=O) groups excluding carboxylic acids is 3. The zero-order valence-electron chi connectivity index (χ0n) is 26.8. The number of nitriles is 1. The lowest BCUT2D eigenvalue weighted by Crippen LogP contribution is -2.44.